The topological polar surface area (TPSA) is 79.2 Å². The molecule has 5 heteroatoms. The number of rotatable bonds is 29. The molecule has 5 nitrogen and oxygen atoms in total. The van der Waals surface area contributed by atoms with Gasteiger partial charge in [0, 0.05) is 0 Å². The van der Waals surface area contributed by atoms with Gasteiger partial charge >= 0.3 is 0 Å². The summed E-state index contributed by atoms with van der Waals surface area (Å²) < 4.78 is 10.6. The highest BCUT2D eigenvalue weighted by atomic mass is 16.5. The fourth-order valence-corrected chi connectivity index (χ4v) is 21.0. The van der Waals surface area contributed by atoms with Crippen molar-refractivity contribution in [1.82, 2.24) is 0 Å². The number of allylic oxidation sites excluding steroid dienone is 5. The Hall–Kier alpha value is -13.0. The summed E-state index contributed by atoms with van der Waals surface area (Å²) in [5.74, 6) is 3.06. The summed E-state index contributed by atoms with van der Waals surface area (Å²) >= 11 is 0. The number of benzene rings is 15. The van der Waals surface area contributed by atoms with Gasteiger partial charge in [0.05, 0.1) is 34.0 Å². The molecular weight excluding hydrogens is 1640 g/mol. The predicted molar refractivity (Wildman–Crippen MR) is 565 cm³/mol. The molecule has 0 bridgehead atoms. The minimum Gasteiger partial charge on any atom is -0.497 e. The monoisotopic (exact) mass is 1780 g/mol. The Bertz CT molecular complexity index is 6510. The molecule has 20 rings (SSSR count). The lowest BCUT2D eigenvalue weighted by molar-refractivity contribution is 0.280. The fourth-order valence-electron chi connectivity index (χ4n) is 21.0. The zero-order chi connectivity index (χ0) is 93.2. The third kappa shape index (κ3) is 25.3. The highest BCUT2D eigenvalue weighted by Crippen LogP contribution is 2.43. The summed E-state index contributed by atoms with van der Waals surface area (Å²) in [5, 5.41) is 29.0. The maximum atomic E-state index is 9.67. The summed E-state index contributed by atoms with van der Waals surface area (Å²) in [6.07, 6.45) is 31.1. The molecule has 5 aliphatic rings. The molecule has 2 unspecified atom stereocenters. The molecule has 0 aliphatic heterocycles. The normalized spacial score (nSPS) is 14.2. The molecule has 684 valence electrons. The van der Waals surface area contributed by atoms with E-state index in [0.717, 1.165) is 149 Å². The molecule has 0 saturated heterocycles. The Kier molecular flexibility index (Phi) is 33.3. The van der Waals surface area contributed by atoms with E-state index in [-0.39, 0.29) is 19.8 Å². The molecule has 15 aromatic rings. The Morgan fingerprint density at radius 1 is 0.259 bits per heavy atom. The van der Waals surface area contributed by atoms with Crippen LogP contribution in [0.4, 0.5) is 0 Å². The molecule has 135 heavy (non-hydrogen) atoms. The summed E-state index contributed by atoms with van der Waals surface area (Å²) in [4.78, 5) is 0. The Labute approximate surface area is 804 Å². The van der Waals surface area contributed by atoms with Crippen LogP contribution in [0.25, 0.3) is 22.8 Å². The first-order chi connectivity index (χ1) is 66.2. The van der Waals surface area contributed by atoms with Crippen LogP contribution in [0.1, 0.15) is 215 Å². The largest absolute Gasteiger partial charge is 0.497 e. The third-order valence-corrected chi connectivity index (χ3v) is 28.6. The second kappa shape index (κ2) is 47.3. The van der Waals surface area contributed by atoms with Crippen molar-refractivity contribution in [3.8, 4) is 11.5 Å². The van der Waals surface area contributed by atoms with Crippen molar-refractivity contribution in [1.29, 1.82) is 0 Å². The molecule has 5 aliphatic carbocycles. The minimum absolute atomic E-state index is 0.0852. The molecule has 0 aromatic heterocycles. The average Bonchev–Trinajstić information content (AvgIpc) is 1.61. The summed E-state index contributed by atoms with van der Waals surface area (Å²) in [6.45, 7) is 11.0. The lowest BCUT2D eigenvalue weighted by Gasteiger charge is -2.18. The van der Waals surface area contributed by atoms with Gasteiger partial charge < -0.3 is 24.8 Å². The van der Waals surface area contributed by atoms with E-state index in [0.29, 0.717) is 11.8 Å². The number of aliphatic hydroxyl groups is 3. The van der Waals surface area contributed by atoms with Gasteiger partial charge in [0.2, 0.25) is 0 Å². The Morgan fingerprint density at radius 2 is 0.585 bits per heavy atom. The van der Waals surface area contributed by atoms with Crippen molar-refractivity contribution in [2.75, 3.05) is 14.2 Å². The van der Waals surface area contributed by atoms with Crippen LogP contribution in [-0.4, -0.2) is 29.5 Å². The number of methoxy groups -OCH3 is 2. The molecule has 0 saturated carbocycles. The first-order valence-corrected chi connectivity index (χ1v) is 49.4. The molecule has 0 fully saturated rings. The van der Waals surface area contributed by atoms with Crippen LogP contribution in [0.2, 0.25) is 0 Å². The molecule has 0 heterocycles. The van der Waals surface area contributed by atoms with Crippen LogP contribution in [0.3, 0.4) is 0 Å². The van der Waals surface area contributed by atoms with E-state index in [4.69, 9.17) is 9.47 Å². The number of fused-ring (bicyclic) bond motifs is 5. The zero-order valence-corrected chi connectivity index (χ0v) is 80.5. The van der Waals surface area contributed by atoms with Gasteiger partial charge in [-0.1, -0.05) is 355 Å². The van der Waals surface area contributed by atoms with E-state index in [1.54, 1.807) is 36.5 Å². The molecule has 15 aromatic carbocycles. The van der Waals surface area contributed by atoms with E-state index >= 15 is 0 Å². The van der Waals surface area contributed by atoms with Crippen LogP contribution >= 0.6 is 0 Å². The van der Waals surface area contributed by atoms with Gasteiger partial charge in [-0.25, -0.2) is 0 Å². The summed E-state index contributed by atoms with van der Waals surface area (Å²) in [5.41, 5.74) is 49.9. The minimum atomic E-state index is 0.0852. The highest BCUT2D eigenvalue weighted by Gasteiger charge is 2.29. The quantitative estimate of drug-likeness (QED) is 0.0435. The smallest absolute Gasteiger partial charge is 0.118 e. The molecule has 3 N–H and O–H groups in total. The molecule has 2 atom stereocenters. The predicted octanol–water partition coefficient (Wildman–Crippen LogP) is 28.8. The summed E-state index contributed by atoms with van der Waals surface area (Å²) in [6, 6.07) is 120. The van der Waals surface area contributed by atoms with Gasteiger partial charge in [0.1, 0.15) is 11.5 Å². The number of ether oxygens (including phenoxy) is 2. The third-order valence-electron chi connectivity index (χ3n) is 28.6. The van der Waals surface area contributed by atoms with Crippen LogP contribution in [0, 0.1) is 34.6 Å². The van der Waals surface area contributed by atoms with E-state index in [1.807, 2.05) is 36.4 Å². The van der Waals surface area contributed by atoms with Gasteiger partial charge in [-0.3, -0.25) is 0 Å². The van der Waals surface area contributed by atoms with Gasteiger partial charge in [-0.15, -0.1) is 0 Å². The standard InChI is InChI=1S/C26H28O.C26H26O.C26H28O.2C26H26O/c2*1-19-6-8-20(9-7-19)10-13-22-4-3-5-23-14-15-24(26(22)23)18-21-11-16-25(27-2)17-12-21;3*1-19-9-11-20(12-10-19)13-14-21-7-4-8-22-15-16-24(26(21)22)17-23-5-2-3-6-25(23)18-27/h3-9,11-12,16-17,24H,10,13-15,18H2,1-2H3;3-9,11-12,15-17H,10,13-14,18H2,1-2H3;2-12,24,27H,13-18H2,1H3;2-12,17,27H,13-16,18H2,1H3;2-12,16,27H,13-15,17-18H2,1H3/b;;;24-17+;. The zero-order valence-electron chi connectivity index (χ0n) is 80.5. The Morgan fingerprint density at radius 3 is 1.01 bits per heavy atom. The van der Waals surface area contributed by atoms with Crippen LogP contribution in [-0.2, 0) is 142 Å². The van der Waals surface area contributed by atoms with Crippen molar-refractivity contribution in [3.63, 3.8) is 0 Å². The molecule has 0 radical (unpaired) electrons. The first-order valence-electron chi connectivity index (χ1n) is 49.4. The van der Waals surface area contributed by atoms with E-state index < -0.39 is 0 Å². The Balaban J connectivity index is 0.000000123. The summed E-state index contributed by atoms with van der Waals surface area (Å²) in [7, 11) is 3.44. The van der Waals surface area contributed by atoms with Crippen molar-refractivity contribution in [2.45, 2.75) is 208 Å². The van der Waals surface area contributed by atoms with Crippen LogP contribution in [0.15, 0.2) is 346 Å². The van der Waals surface area contributed by atoms with Gasteiger partial charge in [0.25, 0.3) is 0 Å². The molecular formula is C130H134O5. The van der Waals surface area contributed by atoms with Gasteiger partial charge in [0.15, 0.2) is 0 Å². The fraction of sp³-hybridized carbons (Fsp3) is 0.262. The first kappa shape index (κ1) is 95.2. The van der Waals surface area contributed by atoms with Crippen LogP contribution in [0.5, 0.6) is 11.5 Å². The van der Waals surface area contributed by atoms with Crippen molar-refractivity contribution >= 4 is 22.8 Å². The van der Waals surface area contributed by atoms with Crippen molar-refractivity contribution in [3.05, 3.63) is 529 Å². The number of hydrogen-bond donors (Lipinski definition) is 3. The second-order valence-electron chi connectivity index (χ2n) is 37.9. The van der Waals surface area contributed by atoms with E-state index in [1.165, 1.54) is 181 Å². The number of aliphatic hydroxyl groups excluding tert-OH is 3. The molecule has 0 spiro atoms. The average molecular weight is 1780 g/mol. The number of hydrogen-bond acceptors (Lipinski definition) is 5. The maximum absolute atomic E-state index is 9.67. The van der Waals surface area contributed by atoms with E-state index in [2.05, 4.69) is 350 Å². The van der Waals surface area contributed by atoms with Gasteiger partial charge in [-0.05, 0) is 384 Å². The van der Waals surface area contributed by atoms with E-state index in [9.17, 15) is 15.3 Å². The van der Waals surface area contributed by atoms with Crippen molar-refractivity contribution in [2.24, 2.45) is 0 Å². The van der Waals surface area contributed by atoms with Crippen LogP contribution < -0.4 is 9.47 Å². The lowest BCUT2D eigenvalue weighted by atomic mass is 9.87. The molecule has 0 amide bonds. The van der Waals surface area contributed by atoms with Crippen molar-refractivity contribution < 1.29 is 24.8 Å². The van der Waals surface area contributed by atoms with Gasteiger partial charge in [-0.2, -0.15) is 0 Å². The lowest BCUT2D eigenvalue weighted by Crippen LogP contribution is -2.06. The SMILES string of the molecule is COc1ccc(CC2=CCc3cccc(CCc4ccc(C)cc4)c32)cc1.COc1ccc(CC2CCc3cccc(CCc4ccc(C)cc4)c32)cc1.Cc1ccc(CCc2cccc3c2/C(=C/c2ccccc2CO)CC3)cc1.Cc1ccc(CCc2cccc3c2C(Cc2ccccc2CO)=CC3)cc1.Cc1ccc(CCc2cccc3c2C(Cc2ccccc2CO)CC3)cc1. The second-order valence-corrected chi connectivity index (χ2v) is 37.9. The number of aryl methyl sites for hydroxylation is 18. The maximum Gasteiger partial charge on any atom is 0.118 e. The highest BCUT2D eigenvalue weighted by molar-refractivity contribution is 5.87.